The number of benzene rings is 3. The Labute approximate surface area is 235 Å². The molecule has 0 spiro atoms. The van der Waals surface area contributed by atoms with Crippen LogP contribution in [0.25, 0.3) is 22.5 Å². The van der Waals surface area contributed by atoms with Crippen molar-refractivity contribution in [1.82, 2.24) is 15.0 Å². The van der Waals surface area contributed by atoms with Gasteiger partial charge in [-0.05, 0) is 73.3 Å². The smallest absolute Gasteiger partial charge is 0.228 e. The molecule has 0 saturated carbocycles. The van der Waals surface area contributed by atoms with Crippen molar-refractivity contribution in [2.45, 2.75) is 39.5 Å². The second-order valence-electron chi connectivity index (χ2n) is 10.2. The van der Waals surface area contributed by atoms with Crippen LogP contribution in [0.1, 0.15) is 36.3 Å². The Kier molecular flexibility index (Phi) is 8.76. The summed E-state index contributed by atoms with van der Waals surface area (Å²) >= 11 is 0. The van der Waals surface area contributed by atoms with Gasteiger partial charge < -0.3 is 19.3 Å². The average Bonchev–Trinajstić information content (AvgIpc) is 3.40. The monoisotopic (exact) mass is 540 g/mol. The van der Waals surface area contributed by atoms with Crippen LogP contribution in [0, 0.1) is 13.8 Å². The zero-order valence-electron chi connectivity index (χ0n) is 23.4. The summed E-state index contributed by atoms with van der Waals surface area (Å²) in [5.41, 5.74) is 5.84. The van der Waals surface area contributed by atoms with Crippen LogP contribution >= 0.6 is 0 Å². The highest BCUT2D eigenvalue weighted by Gasteiger charge is 2.13. The molecule has 1 N–H and O–H groups in total. The Bertz CT molecular complexity index is 1440. The fraction of sp³-hybridized carbons (Fsp3) is 0.344. The summed E-state index contributed by atoms with van der Waals surface area (Å²) in [5.74, 6) is 2.33. The van der Waals surface area contributed by atoms with Gasteiger partial charge in [0.25, 0.3) is 0 Å². The molecule has 3 aromatic carbocycles. The third-order valence-corrected chi connectivity index (χ3v) is 7.20. The maximum absolute atomic E-state index is 12.8. The van der Waals surface area contributed by atoms with Gasteiger partial charge >= 0.3 is 0 Å². The van der Waals surface area contributed by atoms with E-state index >= 15 is 0 Å². The van der Waals surface area contributed by atoms with Crippen LogP contribution in [0.5, 0.6) is 11.5 Å². The summed E-state index contributed by atoms with van der Waals surface area (Å²) < 4.78 is 16.6. The maximum atomic E-state index is 12.8. The van der Waals surface area contributed by atoms with Gasteiger partial charge in [0.05, 0.1) is 13.5 Å². The van der Waals surface area contributed by atoms with Crippen molar-refractivity contribution in [3.05, 3.63) is 77.7 Å². The van der Waals surface area contributed by atoms with E-state index in [9.17, 15) is 4.79 Å². The van der Waals surface area contributed by atoms with E-state index < -0.39 is 0 Å². The summed E-state index contributed by atoms with van der Waals surface area (Å²) in [6.45, 7) is 7.57. The van der Waals surface area contributed by atoms with E-state index in [0.717, 1.165) is 47.5 Å². The van der Waals surface area contributed by atoms with E-state index in [2.05, 4.69) is 39.4 Å². The summed E-state index contributed by atoms with van der Waals surface area (Å²) in [6, 6.07) is 19.7. The van der Waals surface area contributed by atoms with E-state index in [-0.39, 0.29) is 12.3 Å². The van der Waals surface area contributed by atoms with Crippen LogP contribution in [-0.4, -0.2) is 54.3 Å². The Balaban J connectivity index is 1.18. The lowest BCUT2D eigenvalue weighted by atomic mass is 9.97. The standard InChI is InChI=1S/C32H36N4O4/c1-22-19-26(32-33-23(2)40-35-32)11-13-28(22)25-9-7-24(8-10-25)20-31(37)34-27-12-14-29(38-3)30(21-27)39-18-17-36-15-5-4-6-16-36/h7-14,19,21H,4-6,15-18,20H2,1-3H3,(H,34,37). The molecule has 1 saturated heterocycles. The topological polar surface area (TPSA) is 89.7 Å². The summed E-state index contributed by atoms with van der Waals surface area (Å²) in [5, 5.41) is 7.00. The highest BCUT2D eigenvalue weighted by Crippen LogP contribution is 2.31. The average molecular weight is 541 g/mol. The van der Waals surface area contributed by atoms with Crippen molar-refractivity contribution in [3.8, 4) is 34.0 Å². The van der Waals surface area contributed by atoms with Gasteiger partial charge in [0.1, 0.15) is 6.61 Å². The van der Waals surface area contributed by atoms with Crippen LogP contribution in [0.15, 0.2) is 65.2 Å². The van der Waals surface area contributed by atoms with Crippen LogP contribution in [0.2, 0.25) is 0 Å². The number of ether oxygens (including phenoxy) is 2. The first-order chi connectivity index (χ1) is 19.5. The van der Waals surface area contributed by atoms with Crippen molar-refractivity contribution >= 4 is 11.6 Å². The number of rotatable bonds is 10. The van der Waals surface area contributed by atoms with E-state index in [1.165, 1.54) is 19.3 Å². The molecule has 1 fully saturated rings. The van der Waals surface area contributed by atoms with Gasteiger partial charge in [-0.3, -0.25) is 9.69 Å². The summed E-state index contributed by atoms with van der Waals surface area (Å²) in [6.07, 6.45) is 4.09. The number of carbonyl (C=O) groups excluding carboxylic acids is 1. The second kappa shape index (κ2) is 12.8. The number of nitrogens with one attached hydrogen (secondary N) is 1. The molecule has 1 aromatic heterocycles. The minimum absolute atomic E-state index is 0.0897. The molecule has 1 aliphatic heterocycles. The molecule has 8 heteroatoms. The van der Waals surface area contributed by atoms with Gasteiger partial charge in [-0.25, -0.2) is 0 Å². The van der Waals surface area contributed by atoms with Crippen molar-refractivity contribution < 1.29 is 18.8 Å². The number of hydrogen-bond donors (Lipinski definition) is 1. The first-order valence-electron chi connectivity index (χ1n) is 13.8. The van der Waals surface area contributed by atoms with Gasteiger partial charge in [0.2, 0.25) is 17.6 Å². The molecular formula is C32H36N4O4. The predicted octanol–water partition coefficient (Wildman–Crippen LogP) is 6.07. The zero-order chi connectivity index (χ0) is 27.9. The second-order valence-corrected chi connectivity index (χ2v) is 10.2. The van der Waals surface area contributed by atoms with Gasteiger partial charge in [0.15, 0.2) is 11.5 Å². The molecule has 0 atom stereocenters. The molecule has 0 radical (unpaired) electrons. The van der Waals surface area contributed by atoms with Crippen molar-refractivity contribution in [2.75, 3.05) is 38.7 Å². The molecule has 4 aromatic rings. The fourth-order valence-electron chi connectivity index (χ4n) is 5.07. The maximum Gasteiger partial charge on any atom is 0.228 e. The molecule has 40 heavy (non-hydrogen) atoms. The predicted molar refractivity (Wildman–Crippen MR) is 156 cm³/mol. The molecule has 1 aliphatic rings. The molecule has 208 valence electrons. The minimum atomic E-state index is -0.0897. The number of piperidine rings is 1. The zero-order valence-corrected chi connectivity index (χ0v) is 23.4. The molecule has 8 nitrogen and oxygen atoms in total. The first kappa shape index (κ1) is 27.4. The van der Waals surface area contributed by atoms with Crippen molar-refractivity contribution in [3.63, 3.8) is 0 Å². The summed E-state index contributed by atoms with van der Waals surface area (Å²) in [7, 11) is 1.62. The number of anilines is 1. The molecule has 0 bridgehead atoms. The molecular weight excluding hydrogens is 504 g/mol. The molecule has 1 amide bonds. The van der Waals surface area contributed by atoms with Crippen LogP contribution in [-0.2, 0) is 11.2 Å². The number of amides is 1. The molecule has 0 unspecified atom stereocenters. The van der Waals surface area contributed by atoms with Crippen molar-refractivity contribution in [2.24, 2.45) is 0 Å². The Morgan fingerprint density at radius 1 is 0.950 bits per heavy atom. The Morgan fingerprint density at radius 3 is 2.42 bits per heavy atom. The van der Waals surface area contributed by atoms with Gasteiger partial charge in [-0.1, -0.05) is 48.0 Å². The minimum Gasteiger partial charge on any atom is -0.493 e. The number of nitrogens with zero attached hydrogens (tertiary/aromatic N) is 3. The lowest BCUT2D eigenvalue weighted by molar-refractivity contribution is -0.115. The summed E-state index contributed by atoms with van der Waals surface area (Å²) in [4.78, 5) is 19.6. The van der Waals surface area contributed by atoms with Gasteiger partial charge in [-0.15, -0.1) is 0 Å². The number of aromatic nitrogens is 2. The number of methoxy groups -OCH3 is 1. The van der Waals surface area contributed by atoms with Gasteiger partial charge in [0, 0.05) is 30.8 Å². The fourth-order valence-corrected chi connectivity index (χ4v) is 5.07. The first-order valence-corrected chi connectivity index (χ1v) is 13.8. The third kappa shape index (κ3) is 6.87. The quantitative estimate of drug-likeness (QED) is 0.261. The molecule has 0 aliphatic carbocycles. The van der Waals surface area contributed by atoms with Crippen molar-refractivity contribution in [1.29, 1.82) is 0 Å². The SMILES string of the molecule is COc1ccc(NC(=O)Cc2ccc(-c3ccc(-c4noc(C)n4)cc3C)cc2)cc1OCCN1CCCCC1. The number of carbonyl (C=O) groups is 1. The molecule has 5 rings (SSSR count). The van der Waals surface area contributed by atoms with Crippen LogP contribution in [0.3, 0.4) is 0 Å². The highest BCUT2D eigenvalue weighted by atomic mass is 16.5. The van der Waals surface area contributed by atoms with Crippen LogP contribution in [0.4, 0.5) is 5.69 Å². The van der Waals surface area contributed by atoms with E-state index in [0.29, 0.717) is 35.5 Å². The van der Waals surface area contributed by atoms with Crippen LogP contribution < -0.4 is 14.8 Å². The Hall–Kier alpha value is -4.17. The van der Waals surface area contributed by atoms with Gasteiger partial charge in [-0.2, -0.15) is 4.98 Å². The molecule has 2 heterocycles. The number of hydrogen-bond acceptors (Lipinski definition) is 7. The lowest BCUT2D eigenvalue weighted by Crippen LogP contribution is -2.33. The van der Waals surface area contributed by atoms with E-state index in [4.69, 9.17) is 14.0 Å². The Morgan fingerprint density at radius 2 is 1.73 bits per heavy atom. The third-order valence-electron chi connectivity index (χ3n) is 7.20. The van der Waals surface area contributed by atoms with E-state index in [1.54, 1.807) is 14.0 Å². The lowest BCUT2D eigenvalue weighted by Gasteiger charge is -2.26. The largest absolute Gasteiger partial charge is 0.493 e. The number of aryl methyl sites for hydroxylation is 2. The van der Waals surface area contributed by atoms with E-state index in [1.807, 2.05) is 48.5 Å². The number of likely N-dealkylation sites (tertiary alicyclic amines) is 1. The normalized spacial score (nSPS) is 13.7. The highest BCUT2D eigenvalue weighted by molar-refractivity contribution is 5.92.